The quantitative estimate of drug-likeness (QED) is 0.702. The van der Waals surface area contributed by atoms with Crippen LogP contribution in [0.25, 0.3) is 0 Å². The molecule has 70 valence electrons. The highest BCUT2D eigenvalue weighted by atomic mass is 16.3. The van der Waals surface area contributed by atoms with Gasteiger partial charge in [0.15, 0.2) is 0 Å². The molecule has 0 amide bonds. The van der Waals surface area contributed by atoms with Crippen molar-refractivity contribution in [3.8, 4) is 0 Å². The molecule has 0 radical (unpaired) electrons. The molecule has 1 saturated heterocycles. The molecule has 2 rings (SSSR count). The highest BCUT2D eigenvalue weighted by Gasteiger charge is 2.42. The molecule has 2 heteroatoms. The first-order valence-electron chi connectivity index (χ1n) is 4.73. The second kappa shape index (κ2) is 3.48. The van der Waals surface area contributed by atoms with E-state index in [2.05, 4.69) is 36.1 Å². The molecule has 1 aromatic carbocycles. The lowest BCUT2D eigenvalue weighted by molar-refractivity contribution is 0.272. The summed E-state index contributed by atoms with van der Waals surface area (Å²) in [5.41, 5.74) is 1.32. The summed E-state index contributed by atoms with van der Waals surface area (Å²) in [5, 5.41) is 8.98. The van der Waals surface area contributed by atoms with E-state index in [-0.39, 0.29) is 6.61 Å². The number of hydrogen-bond donors (Lipinski definition) is 1. The molecule has 13 heavy (non-hydrogen) atoms. The lowest BCUT2D eigenvalue weighted by Gasteiger charge is -2.02. The maximum atomic E-state index is 8.98. The van der Waals surface area contributed by atoms with Crippen molar-refractivity contribution in [3.05, 3.63) is 35.9 Å². The second-order valence-electron chi connectivity index (χ2n) is 3.65. The van der Waals surface area contributed by atoms with E-state index in [4.69, 9.17) is 5.11 Å². The van der Waals surface area contributed by atoms with Crippen molar-refractivity contribution in [1.82, 2.24) is 4.90 Å². The third kappa shape index (κ3) is 1.74. The first-order valence-corrected chi connectivity index (χ1v) is 4.73. The van der Waals surface area contributed by atoms with Gasteiger partial charge < -0.3 is 5.11 Å². The monoisotopic (exact) mass is 177 g/mol. The van der Waals surface area contributed by atoms with Crippen LogP contribution < -0.4 is 0 Å². The van der Waals surface area contributed by atoms with E-state index in [0.29, 0.717) is 12.1 Å². The van der Waals surface area contributed by atoms with Crippen molar-refractivity contribution in [3.63, 3.8) is 0 Å². The number of benzene rings is 1. The van der Waals surface area contributed by atoms with E-state index in [1.807, 2.05) is 6.07 Å². The Kier molecular flexibility index (Phi) is 2.34. The molecule has 1 fully saturated rings. The SMILES string of the molecule is C[C@@H]1[C@H](CO)N1Cc1ccccc1. The number of hydrogen-bond acceptors (Lipinski definition) is 2. The van der Waals surface area contributed by atoms with E-state index in [1.165, 1.54) is 5.56 Å². The molecule has 0 saturated carbocycles. The molecular weight excluding hydrogens is 162 g/mol. The van der Waals surface area contributed by atoms with Crippen molar-refractivity contribution >= 4 is 0 Å². The van der Waals surface area contributed by atoms with Gasteiger partial charge in [-0.3, -0.25) is 4.90 Å². The number of aliphatic hydroxyl groups excluding tert-OH is 1. The van der Waals surface area contributed by atoms with Gasteiger partial charge in [-0.1, -0.05) is 30.3 Å². The minimum atomic E-state index is 0.286. The molecule has 1 aromatic rings. The normalized spacial score (nSPS) is 31.7. The van der Waals surface area contributed by atoms with Crippen molar-refractivity contribution in [2.45, 2.75) is 25.6 Å². The van der Waals surface area contributed by atoms with Crippen LogP contribution in [0.4, 0.5) is 0 Å². The molecule has 0 aromatic heterocycles. The van der Waals surface area contributed by atoms with Gasteiger partial charge in [-0.25, -0.2) is 0 Å². The second-order valence-corrected chi connectivity index (χ2v) is 3.65. The predicted molar refractivity (Wildman–Crippen MR) is 52.3 cm³/mol. The highest BCUT2D eigenvalue weighted by molar-refractivity contribution is 5.16. The van der Waals surface area contributed by atoms with Crippen LogP contribution in [0.5, 0.6) is 0 Å². The summed E-state index contributed by atoms with van der Waals surface area (Å²) in [4.78, 5) is 2.30. The molecule has 0 aliphatic carbocycles. The van der Waals surface area contributed by atoms with Crippen LogP contribution >= 0.6 is 0 Å². The summed E-state index contributed by atoms with van der Waals surface area (Å²) in [6.45, 7) is 3.41. The van der Waals surface area contributed by atoms with Crippen LogP contribution in [0.15, 0.2) is 30.3 Å². The third-order valence-corrected chi connectivity index (χ3v) is 2.81. The minimum Gasteiger partial charge on any atom is -0.395 e. The van der Waals surface area contributed by atoms with Crippen LogP contribution in [-0.4, -0.2) is 28.7 Å². The Morgan fingerprint density at radius 3 is 2.54 bits per heavy atom. The fraction of sp³-hybridized carbons (Fsp3) is 0.455. The Balaban J connectivity index is 1.94. The van der Waals surface area contributed by atoms with E-state index in [9.17, 15) is 0 Å². The van der Waals surface area contributed by atoms with Crippen molar-refractivity contribution in [2.75, 3.05) is 6.61 Å². The number of aliphatic hydroxyl groups is 1. The maximum absolute atomic E-state index is 8.98. The summed E-state index contributed by atoms with van der Waals surface area (Å²) in [6.07, 6.45) is 0. The fourth-order valence-electron chi connectivity index (χ4n) is 1.79. The lowest BCUT2D eigenvalue weighted by atomic mass is 10.2. The van der Waals surface area contributed by atoms with Gasteiger partial charge in [0.05, 0.1) is 6.61 Å². The molecule has 0 bridgehead atoms. The van der Waals surface area contributed by atoms with Crippen molar-refractivity contribution in [1.29, 1.82) is 0 Å². The van der Waals surface area contributed by atoms with Crippen molar-refractivity contribution in [2.24, 2.45) is 0 Å². The van der Waals surface area contributed by atoms with Gasteiger partial charge in [0.25, 0.3) is 0 Å². The first kappa shape index (κ1) is 8.73. The van der Waals surface area contributed by atoms with Crippen LogP contribution in [0.2, 0.25) is 0 Å². The summed E-state index contributed by atoms with van der Waals surface area (Å²) >= 11 is 0. The molecule has 1 N–H and O–H groups in total. The topological polar surface area (TPSA) is 23.2 Å². The van der Waals surface area contributed by atoms with E-state index < -0.39 is 0 Å². The smallest absolute Gasteiger partial charge is 0.0602 e. The third-order valence-electron chi connectivity index (χ3n) is 2.81. The number of nitrogens with zero attached hydrogens (tertiary/aromatic N) is 1. The van der Waals surface area contributed by atoms with Crippen LogP contribution in [0.3, 0.4) is 0 Å². The summed E-state index contributed by atoms with van der Waals surface area (Å²) < 4.78 is 0. The molecule has 1 aliphatic rings. The summed E-state index contributed by atoms with van der Waals surface area (Å²) in [6, 6.07) is 11.3. The van der Waals surface area contributed by atoms with Crippen LogP contribution in [0, 0.1) is 0 Å². The summed E-state index contributed by atoms with van der Waals surface area (Å²) in [7, 11) is 0. The van der Waals surface area contributed by atoms with E-state index in [0.717, 1.165) is 6.54 Å². The van der Waals surface area contributed by atoms with Gasteiger partial charge in [-0.15, -0.1) is 0 Å². The average Bonchev–Trinajstić information content (AvgIpc) is 2.78. The Bertz CT molecular complexity index is 273. The Morgan fingerprint density at radius 2 is 2.00 bits per heavy atom. The zero-order valence-corrected chi connectivity index (χ0v) is 7.85. The zero-order chi connectivity index (χ0) is 9.26. The first-order chi connectivity index (χ1) is 6.33. The molecule has 1 heterocycles. The average molecular weight is 177 g/mol. The van der Waals surface area contributed by atoms with Gasteiger partial charge in [0.2, 0.25) is 0 Å². The van der Waals surface area contributed by atoms with Gasteiger partial charge in [0, 0.05) is 18.6 Å². The van der Waals surface area contributed by atoms with Gasteiger partial charge in [0.1, 0.15) is 0 Å². The standard InChI is InChI=1S/C11H15NO/c1-9-11(8-13)12(9)7-10-5-3-2-4-6-10/h2-6,9,11,13H,7-8H2,1H3/t9-,11+,12?/m1/s1. The summed E-state index contributed by atoms with van der Waals surface area (Å²) in [5.74, 6) is 0. The van der Waals surface area contributed by atoms with E-state index >= 15 is 0 Å². The van der Waals surface area contributed by atoms with E-state index in [1.54, 1.807) is 0 Å². The molecule has 3 atom stereocenters. The Morgan fingerprint density at radius 1 is 1.31 bits per heavy atom. The fourth-order valence-corrected chi connectivity index (χ4v) is 1.79. The molecule has 1 aliphatic heterocycles. The molecule has 0 spiro atoms. The predicted octanol–water partition coefficient (Wildman–Crippen LogP) is 1.25. The molecular formula is C11H15NO. The highest BCUT2D eigenvalue weighted by Crippen LogP contribution is 2.29. The largest absolute Gasteiger partial charge is 0.395 e. The molecule has 1 unspecified atom stereocenters. The Labute approximate surface area is 78.8 Å². The van der Waals surface area contributed by atoms with Crippen LogP contribution in [-0.2, 0) is 6.54 Å². The van der Waals surface area contributed by atoms with Gasteiger partial charge >= 0.3 is 0 Å². The van der Waals surface area contributed by atoms with Gasteiger partial charge in [-0.2, -0.15) is 0 Å². The van der Waals surface area contributed by atoms with Gasteiger partial charge in [-0.05, 0) is 12.5 Å². The van der Waals surface area contributed by atoms with Crippen LogP contribution in [0.1, 0.15) is 12.5 Å². The molecule has 2 nitrogen and oxygen atoms in total. The minimum absolute atomic E-state index is 0.286. The number of rotatable bonds is 3. The maximum Gasteiger partial charge on any atom is 0.0602 e. The van der Waals surface area contributed by atoms with Crippen molar-refractivity contribution < 1.29 is 5.11 Å². The zero-order valence-electron chi connectivity index (χ0n) is 7.85. The Hall–Kier alpha value is -0.860. The lowest BCUT2D eigenvalue weighted by Crippen LogP contribution is -2.04.